The highest BCUT2D eigenvalue weighted by Gasteiger charge is 2.15. The summed E-state index contributed by atoms with van der Waals surface area (Å²) in [5.74, 6) is 0.956. The predicted octanol–water partition coefficient (Wildman–Crippen LogP) is 2.57. The Morgan fingerprint density at radius 3 is 2.14 bits per heavy atom. The Hall–Kier alpha value is -2.78. The van der Waals surface area contributed by atoms with Gasteiger partial charge >= 0.3 is 0 Å². The van der Waals surface area contributed by atoms with Crippen LogP contribution >= 0.6 is 0 Å². The van der Waals surface area contributed by atoms with Crippen LogP contribution in [0.3, 0.4) is 0 Å². The van der Waals surface area contributed by atoms with Crippen LogP contribution in [0.4, 0.5) is 11.4 Å². The molecule has 0 aliphatic rings. The molecule has 152 valence electrons. The zero-order valence-electron chi connectivity index (χ0n) is 16.1. The Kier molecular flexibility index (Phi) is 7.24. The lowest BCUT2D eigenvalue weighted by atomic mass is 10.2. The van der Waals surface area contributed by atoms with Crippen LogP contribution in [0.2, 0.25) is 0 Å². The molecular formula is C19H25N3O5S. The van der Waals surface area contributed by atoms with E-state index in [-0.39, 0.29) is 10.8 Å². The molecule has 4 N–H and O–H groups in total. The molecule has 1 amide bonds. The molecule has 0 saturated carbocycles. The van der Waals surface area contributed by atoms with Gasteiger partial charge in [0.1, 0.15) is 6.04 Å². The number of rotatable bonds is 9. The monoisotopic (exact) mass is 407 g/mol. The summed E-state index contributed by atoms with van der Waals surface area (Å²) in [6.07, 6.45) is 0. The number of carbonyl (C=O) groups excluding carboxylic acids is 1. The Bertz CT molecular complexity index is 914. The number of nitrogens with two attached hydrogens (primary N) is 1. The van der Waals surface area contributed by atoms with Gasteiger partial charge in [0.2, 0.25) is 15.9 Å². The Labute approximate surface area is 165 Å². The van der Waals surface area contributed by atoms with Crippen molar-refractivity contribution < 1.29 is 22.7 Å². The Morgan fingerprint density at radius 2 is 1.57 bits per heavy atom. The topological polar surface area (TPSA) is 120 Å². The Balaban J connectivity index is 2.04. The quantitative estimate of drug-likeness (QED) is 0.588. The molecule has 0 heterocycles. The van der Waals surface area contributed by atoms with Crippen LogP contribution in [-0.4, -0.2) is 33.6 Å². The normalized spacial score (nSPS) is 12.1. The first-order valence-corrected chi connectivity index (χ1v) is 10.4. The third kappa shape index (κ3) is 5.86. The van der Waals surface area contributed by atoms with Gasteiger partial charge in [-0.2, -0.15) is 0 Å². The van der Waals surface area contributed by atoms with Crippen molar-refractivity contribution in [3.8, 4) is 11.5 Å². The SMILES string of the molecule is CCOc1ccc(N[C@H](C)C(=O)Nc2ccc(S(N)(=O)=O)cc2)cc1OCC. The molecule has 9 heteroatoms. The van der Waals surface area contributed by atoms with E-state index in [1.165, 1.54) is 24.3 Å². The minimum absolute atomic E-state index is 0.0190. The molecule has 0 fully saturated rings. The van der Waals surface area contributed by atoms with E-state index in [0.717, 1.165) is 0 Å². The van der Waals surface area contributed by atoms with Crippen LogP contribution in [0, 0.1) is 0 Å². The van der Waals surface area contributed by atoms with Crippen LogP contribution in [-0.2, 0) is 14.8 Å². The number of sulfonamides is 1. The average molecular weight is 407 g/mol. The van der Waals surface area contributed by atoms with Crippen molar-refractivity contribution in [1.82, 2.24) is 0 Å². The highest BCUT2D eigenvalue weighted by atomic mass is 32.2. The van der Waals surface area contributed by atoms with E-state index >= 15 is 0 Å². The summed E-state index contributed by atoms with van der Waals surface area (Å²) in [6, 6.07) is 10.5. The fourth-order valence-electron chi connectivity index (χ4n) is 2.43. The molecule has 1 atom stereocenters. The zero-order valence-corrected chi connectivity index (χ0v) is 16.9. The number of carbonyl (C=O) groups is 1. The van der Waals surface area contributed by atoms with Crippen LogP contribution < -0.4 is 25.2 Å². The number of anilines is 2. The number of hydrogen-bond acceptors (Lipinski definition) is 6. The van der Waals surface area contributed by atoms with E-state index in [9.17, 15) is 13.2 Å². The van der Waals surface area contributed by atoms with Crippen molar-refractivity contribution in [1.29, 1.82) is 0 Å². The second-order valence-corrected chi connectivity index (χ2v) is 7.51. The molecule has 28 heavy (non-hydrogen) atoms. The Morgan fingerprint density at radius 1 is 1.00 bits per heavy atom. The highest BCUT2D eigenvalue weighted by molar-refractivity contribution is 7.89. The molecule has 0 bridgehead atoms. The van der Waals surface area contributed by atoms with Gasteiger partial charge in [-0.15, -0.1) is 0 Å². The van der Waals surface area contributed by atoms with Crippen LogP contribution in [0.25, 0.3) is 0 Å². The second-order valence-electron chi connectivity index (χ2n) is 5.95. The van der Waals surface area contributed by atoms with Crippen LogP contribution in [0.1, 0.15) is 20.8 Å². The molecule has 0 aliphatic carbocycles. The van der Waals surface area contributed by atoms with Gasteiger partial charge in [-0.05, 0) is 57.2 Å². The van der Waals surface area contributed by atoms with Gasteiger partial charge in [-0.25, -0.2) is 13.6 Å². The first-order chi connectivity index (χ1) is 13.2. The molecule has 0 spiro atoms. The smallest absolute Gasteiger partial charge is 0.246 e. The van der Waals surface area contributed by atoms with Gasteiger partial charge in [-0.3, -0.25) is 4.79 Å². The van der Waals surface area contributed by atoms with Crippen molar-refractivity contribution in [3.05, 3.63) is 42.5 Å². The third-order valence-electron chi connectivity index (χ3n) is 3.77. The van der Waals surface area contributed by atoms with Gasteiger partial charge in [0.25, 0.3) is 0 Å². The van der Waals surface area contributed by atoms with E-state index in [0.29, 0.717) is 36.1 Å². The number of primary sulfonamides is 1. The fourth-order valence-corrected chi connectivity index (χ4v) is 2.95. The summed E-state index contributed by atoms with van der Waals surface area (Å²) in [5.41, 5.74) is 1.17. The van der Waals surface area contributed by atoms with Crippen molar-refractivity contribution in [2.24, 2.45) is 5.14 Å². The second kappa shape index (κ2) is 9.43. The first kappa shape index (κ1) is 21.5. The lowest BCUT2D eigenvalue weighted by Gasteiger charge is -2.17. The summed E-state index contributed by atoms with van der Waals surface area (Å²) in [4.78, 5) is 12.4. The largest absolute Gasteiger partial charge is 0.490 e. The number of amides is 1. The molecular weight excluding hydrogens is 382 g/mol. The van der Waals surface area contributed by atoms with E-state index in [4.69, 9.17) is 14.6 Å². The molecule has 0 unspecified atom stereocenters. The van der Waals surface area contributed by atoms with Crippen LogP contribution in [0.15, 0.2) is 47.4 Å². The van der Waals surface area contributed by atoms with Gasteiger partial charge in [0.15, 0.2) is 11.5 Å². The van der Waals surface area contributed by atoms with E-state index in [2.05, 4.69) is 10.6 Å². The maximum absolute atomic E-state index is 12.4. The highest BCUT2D eigenvalue weighted by Crippen LogP contribution is 2.31. The van der Waals surface area contributed by atoms with Crippen molar-refractivity contribution in [2.45, 2.75) is 31.7 Å². The first-order valence-electron chi connectivity index (χ1n) is 8.84. The summed E-state index contributed by atoms with van der Waals surface area (Å²) in [7, 11) is -3.77. The van der Waals surface area contributed by atoms with Crippen molar-refractivity contribution in [3.63, 3.8) is 0 Å². The molecule has 2 aromatic carbocycles. The lowest BCUT2D eigenvalue weighted by Crippen LogP contribution is -2.31. The summed E-state index contributed by atoms with van der Waals surface area (Å²) >= 11 is 0. The van der Waals surface area contributed by atoms with E-state index in [1.54, 1.807) is 25.1 Å². The minimum Gasteiger partial charge on any atom is -0.490 e. The summed E-state index contributed by atoms with van der Waals surface area (Å²) in [6.45, 7) is 6.51. The predicted molar refractivity (Wildman–Crippen MR) is 108 cm³/mol. The van der Waals surface area contributed by atoms with E-state index < -0.39 is 16.1 Å². The maximum Gasteiger partial charge on any atom is 0.246 e. The molecule has 2 aromatic rings. The lowest BCUT2D eigenvalue weighted by molar-refractivity contribution is -0.116. The minimum atomic E-state index is -3.77. The standard InChI is InChI=1S/C19H25N3O5S/c1-4-26-17-11-8-15(12-18(17)27-5-2)21-13(3)19(23)22-14-6-9-16(10-7-14)28(20,24)25/h6-13,21H,4-5H2,1-3H3,(H,22,23)(H2,20,24,25)/t13-/m1/s1. The van der Waals surface area contributed by atoms with Gasteiger partial charge < -0.3 is 20.1 Å². The van der Waals surface area contributed by atoms with Crippen molar-refractivity contribution in [2.75, 3.05) is 23.8 Å². The molecule has 0 aromatic heterocycles. The van der Waals surface area contributed by atoms with Gasteiger partial charge in [-0.1, -0.05) is 0 Å². The summed E-state index contributed by atoms with van der Waals surface area (Å²) in [5, 5.41) is 10.9. The molecule has 8 nitrogen and oxygen atoms in total. The average Bonchev–Trinajstić information content (AvgIpc) is 2.64. The number of nitrogens with one attached hydrogen (secondary N) is 2. The number of ether oxygens (including phenoxy) is 2. The zero-order chi connectivity index (χ0) is 20.7. The molecule has 0 radical (unpaired) electrons. The molecule has 0 saturated heterocycles. The molecule has 2 rings (SSSR count). The summed E-state index contributed by atoms with van der Waals surface area (Å²) < 4.78 is 33.7. The number of benzene rings is 2. The third-order valence-corrected chi connectivity index (χ3v) is 4.70. The van der Waals surface area contributed by atoms with Crippen LogP contribution in [0.5, 0.6) is 11.5 Å². The molecule has 0 aliphatic heterocycles. The van der Waals surface area contributed by atoms with Gasteiger partial charge in [0.05, 0.1) is 18.1 Å². The maximum atomic E-state index is 12.4. The van der Waals surface area contributed by atoms with Gasteiger partial charge in [0, 0.05) is 17.4 Å². The van der Waals surface area contributed by atoms with Crippen molar-refractivity contribution >= 4 is 27.3 Å². The number of hydrogen-bond donors (Lipinski definition) is 3. The van der Waals surface area contributed by atoms with E-state index in [1.807, 2.05) is 13.8 Å². The fraction of sp³-hybridized carbons (Fsp3) is 0.316.